The fraction of sp³-hybridized carbons (Fsp3) is 0.260. The third-order valence-corrected chi connectivity index (χ3v) is 13.4. The van der Waals surface area contributed by atoms with Crippen LogP contribution in [0.4, 0.5) is 32.8 Å². The Kier molecular flexibility index (Phi) is 8.55. The number of ether oxygens (including phenoxy) is 1. The maximum Gasteiger partial charge on any atom is 0.264 e. The topological polar surface area (TPSA) is 121 Å². The van der Waals surface area contributed by atoms with Crippen molar-refractivity contribution in [1.29, 1.82) is 0 Å². The number of halogens is 1. The Morgan fingerprint density at radius 1 is 0.774 bits per heavy atom. The lowest BCUT2D eigenvalue weighted by Gasteiger charge is -2.32. The van der Waals surface area contributed by atoms with E-state index in [1.165, 1.54) is 0 Å². The average molecular weight is 827 g/mol. The van der Waals surface area contributed by atoms with Crippen molar-refractivity contribution in [3.8, 4) is 0 Å². The molecule has 5 heterocycles. The zero-order chi connectivity index (χ0) is 42.7. The van der Waals surface area contributed by atoms with E-state index < -0.39 is 29.2 Å². The van der Waals surface area contributed by atoms with Crippen LogP contribution in [0.3, 0.4) is 0 Å². The van der Waals surface area contributed by atoms with Crippen LogP contribution in [0.5, 0.6) is 0 Å². The molecule has 0 bridgehead atoms. The highest BCUT2D eigenvalue weighted by molar-refractivity contribution is 6.29. The lowest BCUT2D eigenvalue weighted by molar-refractivity contribution is -0.146. The van der Waals surface area contributed by atoms with Crippen LogP contribution in [0, 0.1) is 11.8 Å². The summed E-state index contributed by atoms with van der Waals surface area (Å²) in [6, 6.07) is 36.5. The van der Waals surface area contributed by atoms with E-state index in [0.717, 1.165) is 38.5 Å². The number of fused-ring (bicyclic) bond motifs is 2. The predicted octanol–water partition coefficient (Wildman–Crippen LogP) is 8.93. The normalized spacial score (nSPS) is 21.5. The minimum absolute atomic E-state index is 0.0548. The molecule has 4 aliphatic heterocycles. The van der Waals surface area contributed by atoms with Gasteiger partial charge in [0.1, 0.15) is 5.67 Å². The first kappa shape index (κ1) is 38.2. The molecule has 0 saturated carbocycles. The molecule has 1 N–H and O–H groups in total. The maximum atomic E-state index is 16.7. The van der Waals surface area contributed by atoms with E-state index in [-0.39, 0.29) is 30.9 Å². The molecule has 12 heteroatoms. The lowest BCUT2D eigenvalue weighted by atomic mass is 9.71. The summed E-state index contributed by atoms with van der Waals surface area (Å²) in [4.78, 5) is 48.5. The summed E-state index contributed by atoms with van der Waals surface area (Å²) in [7, 11) is 0. The Labute approximate surface area is 356 Å². The second kappa shape index (κ2) is 13.9. The molecule has 0 aliphatic carbocycles. The van der Waals surface area contributed by atoms with E-state index in [1.54, 1.807) is 39.4 Å². The number of aryl methyl sites for hydroxylation is 1. The van der Waals surface area contributed by atoms with Crippen LogP contribution in [-0.4, -0.2) is 56.2 Å². The fourth-order valence-electron chi connectivity index (χ4n) is 10.8. The summed E-state index contributed by atoms with van der Waals surface area (Å²) in [5, 5.41) is 21.6. The molecule has 310 valence electrons. The molecule has 0 radical (unpaired) electrons. The molecule has 6 aromatic carbocycles. The zero-order valence-electron chi connectivity index (χ0n) is 34.5. The van der Waals surface area contributed by atoms with Crippen LogP contribution in [0.25, 0.3) is 21.5 Å². The van der Waals surface area contributed by atoms with Gasteiger partial charge in [-0.05, 0) is 91.2 Å². The number of amides is 3. The van der Waals surface area contributed by atoms with Gasteiger partial charge in [-0.25, -0.2) is 4.39 Å². The van der Waals surface area contributed by atoms with E-state index >= 15 is 9.18 Å². The van der Waals surface area contributed by atoms with Gasteiger partial charge < -0.3 is 14.7 Å². The first-order chi connectivity index (χ1) is 30.0. The van der Waals surface area contributed by atoms with Gasteiger partial charge in [0.2, 0.25) is 0 Å². The highest BCUT2D eigenvalue weighted by atomic mass is 19.1. The highest BCUT2D eigenvalue weighted by Crippen LogP contribution is 2.59. The van der Waals surface area contributed by atoms with Crippen molar-refractivity contribution in [2.24, 2.45) is 11.8 Å². The molecule has 1 saturated heterocycles. The molecular weight excluding hydrogens is 784 g/mol. The Morgan fingerprint density at radius 2 is 1.37 bits per heavy atom. The number of aliphatic hydroxyl groups excluding tert-OH is 1. The average Bonchev–Trinajstić information content (AvgIpc) is 4.04. The SMILES string of the molecule is C[C@@H]1[C@@H](C(C)(C)F)[C@H](CCn2cc(CCO)nn2)O[C@@]12C(=O)N(Cc1ccc(N3C(=O)c4cccc5cccc3c45)cc1)c1ccc(N3C(=O)c4cccc5cccc3c45)cc12. The minimum atomic E-state index is -1.74. The number of nitrogens with zero attached hydrogens (tertiary/aromatic N) is 6. The number of aliphatic hydroxyl groups is 1. The van der Waals surface area contributed by atoms with Gasteiger partial charge in [-0.15, -0.1) is 5.10 Å². The molecule has 7 aromatic rings. The van der Waals surface area contributed by atoms with Crippen molar-refractivity contribution in [2.45, 2.75) is 64.1 Å². The smallest absolute Gasteiger partial charge is 0.264 e. The van der Waals surface area contributed by atoms with Crippen LogP contribution >= 0.6 is 0 Å². The summed E-state index contributed by atoms with van der Waals surface area (Å²) < 4.78 is 25.4. The second-order valence-electron chi connectivity index (χ2n) is 17.4. The van der Waals surface area contributed by atoms with Gasteiger partial charge in [0.15, 0.2) is 5.60 Å². The number of hydrogen-bond acceptors (Lipinski definition) is 7. The number of carbonyl (C=O) groups is 3. The number of rotatable bonds is 10. The van der Waals surface area contributed by atoms with Crippen LogP contribution in [0.2, 0.25) is 0 Å². The quantitative estimate of drug-likeness (QED) is 0.146. The molecule has 1 fully saturated rings. The standard InChI is InChI=1S/C50H43FN6O5/c1-29-45(49(2,3)51)42(22-24-54-28-33(23-25-58)52-53-54)62-50(29)38-26-35(57-41-15-7-11-32-9-5-13-37(44(32)41)47(57)60)20-21-39(38)55(48(50)61)27-30-16-18-34(19-17-30)56-40-14-6-10-31-8-4-12-36(43(31)40)46(56)59/h4-21,26,28-29,42,45,58H,22-25,27H2,1-3H3/t29-,42+,45-,50+/m1/s1. The van der Waals surface area contributed by atoms with E-state index in [2.05, 4.69) is 10.3 Å². The predicted molar refractivity (Wildman–Crippen MR) is 235 cm³/mol. The number of alkyl halides is 1. The number of anilines is 5. The van der Waals surface area contributed by atoms with Gasteiger partial charge in [0.05, 0.1) is 46.5 Å². The van der Waals surface area contributed by atoms with Crippen molar-refractivity contribution >= 4 is 67.7 Å². The third kappa shape index (κ3) is 5.52. The van der Waals surface area contributed by atoms with Gasteiger partial charge in [0, 0.05) is 65.3 Å². The number of carbonyl (C=O) groups excluding carboxylic acids is 3. The van der Waals surface area contributed by atoms with E-state index in [4.69, 9.17) is 4.74 Å². The number of hydrogen-bond donors (Lipinski definition) is 1. The molecule has 4 aliphatic rings. The molecule has 4 atom stereocenters. The largest absolute Gasteiger partial charge is 0.396 e. The number of aromatic nitrogens is 3. The van der Waals surface area contributed by atoms with Crippen molar-refractivity contribution in [3.63, 3.8) is 0 Å². The maximum absolute atomic E-state index is 16.7. The molecule has 62 heavy (non-hydrogen) atoms. The van der Waals surface area contributed by atoms with Crippen molar-refractivity contribution in [2.75, 3.05) is 21.3 Å². The molecule has 1 spiro atoms. The minimum Gasteiger partial charge on any atom is -0.396 e. The molecule has 0 unspecified atom stereocenters. The summed E-state index contributed by atoms with van der Waals surface area (Å²) in [5.41, 5.74) is 3.48. The van der Waals surface area contributed by atoms with E-state index in [1.807, 2.05) is 122 Å². The van der Waals surface area contributed by atoms with Crippen molar-refractivity contribution < 1.29 is 28.6 Å². The van der Waals surface area contributed by atoms with Crippen molar-refractivity contribution in [1.82, 2.24) is 15.0 Å². The second-order valence-corrected chi connectivity index (χ2v) is 17.4. The number of benzene rings is 6. The first-order valence-electron chi connectivity index (χ1n) is 21.1. The van der Waals surface area contributed by atoms with Crippen molar-refractivity contribution in [3.05, 3.63) is 149 Å². The van der Waals surface area contributed by atoms with Crippen LogP contribution in [0.1, 0.15) is 64.7 Å². The van der Waals surface area contributed by atoms with Crippen LogP contribution < -0.4 is 14.7 Å². The first-order valence-corrected chi connectivity index (χ1v) is 21.1. The third-order valence-electron chi connectivity index (χ3n) is 13.4. The summed E-state index contributed by atoms with van der Waals surface area (Å²) in [6.45, 7) is 5.47. The van der Waals surface area contributed by atoms with Gasteiger partial charge >= 0.3 is 0 Å². The molecular formula is C50H43FN6O5. The van der Waals surface area contributed by atoms with E-state index in [9.17, 15) is 14.7 Å². The monoisotopic (exact) mass is 826 g/mol. The molecule has 1 aromatic heterocycles. The Bertz CT molecular complexity index is 3000. The Morgan fingerprint density at radius 3 is 1.98 bits per heavy atom. The molecule has 11 nitrogen and oxygen atoms in total. The van der Waals surface area contributed by atoms with Gasteiger partial charge in [-0.3, -0.25) is 28.9 Å². The van der Waals surface area contributed by atoms with Gasteiger partial charge in [0.25, 0.3) is 17.7 Å². The van der Waals surface area contributed by atoms with Gasteiger partial charge in [-0.2, -0.15) is 0 Å². The fourth-order valence-corrected chi connectivity index (χ4v) is 10.8. The van der Waals surface area contributed by atoms with Crippen LogP contribution in [-0.2, 0) is 34.6 Å². The highest BCUT2D eigenvalue weighted by Gasteiger charge is 2.66. The molecule has 3 amide bonds. The Hall–Kier alpha value is -6.76. The zero-order valence-corrected chi connectivity index (χ0v) is 34.5. The molecule has 11 rings (SSSR count). The summed E-state index contributed by atoms with van der Waals surface area (Å²) in [5.74, 6) is -1.89. The Balaban J connectivity index is 0.977. The van der Waals surface area contributed by atoms with Gasteiger partial charge in [-0.1, -0.05) is 72.8 Å². The van der Waals surface area contributed by atoms with Crippen LogP contribution in [0.15, 0.2) is 121 Å². The lowest BCUT2D eigenvalue weighted by Crippen LogP contribution is -2.45. The summed E-state index contributed by atoms with van der Waals surface area (Å²) >= 11 is 0. The van der Waals surface area contributed by atoms with E-state index in [0.29, 0.717) is 58.8 Å². The summed E-state index contributed by atoms with van der Waals surface area (Å²) in [6.07, 6.45) is 1.80.